The molecule has 0 unspecified atom stereocenters. The van der Waals surface area contributed by atoms with Crippen molar-refractivity contribution in [2.45, 2.75) is 13.0 Å². The third-order valence-corrected chi connectivity index (χ3v) is 9.20. The maximum Gasteiger partial charge on any atom is 0.257 e. The second kappa shape index (κ2) is 14.2. The number of hydrogen-bond acceptors (Lipinski definition) is 9. The van der Waals surface area contributed by atoms with Crippen LogP contribution in [0.2, 0.25) is 0 Å². The van der Waals surface area contributed by atoms with Gasteiger partial charge < -0.3 is 34.3 Å². The van der Waals surface area contributed by atoms with E-state index in [2.05, 4.69) is 48.4 Å². The van der Waals surface area contributed by atoms with Crippen LogP contribution in [0.15, 0.2) is 104 Å². The van der Waals surface area contributed by atoms with Crippen molar-refractivity contribution >= 4 is 39.6 Å². The Morgan fingerprint density at radius 1 is 0.863 bits per heavy atom. The summed E-state index contributed by atoms with van der Waals surface area (Å²) in [5, 5.41) is 16.9. The molecule has 0 bridgehead atoms. The molecule has 0 saturated carbocycles. The first-order chi connectivity index (χ1) is 25.1. The summed E-state index contributed by atoms with van der Waals surface area (Å²) in [4.78, 5) is 24.2. The van der Waals surface area contributed by atoms with Crippen LogP contribution in [-0.2, 0) is 17.7 Å². The number of carbonyl (C=O) groups excluding carboxylic acids is 1. The van der Waals surface area contributed by atoms with Crippen LogP contribution in [0, 0.1) is 11.3 Å². The van der Waals surface area contributed by atoms with Crippen LogP contribution in [0.3, 0.4) is 0 Å². The van der Waals surface area contributed by atoms with Crippen LogP contribution >= 0.6 is 0 Å². The number of amides is 1. The number of benzene rings is 3. The van der Waals surface area contributed by atoms with Gasteiger partial charge in [0.25, 0.3) is 5.91 Å². The molecule has 1 saturated heterocycles. The molecule has 8 rings (SSSR count). The molecule has 5 heterocycles. The third kappa shape index (κ3) is 6.77. The molecule has 0 atom stereocenters. The molecule has 1 amide bonds. The smallest absolute Gasteiger partial charge is 0.257 e. The van der Waals surface area contributed by atoms with Crippen molar-refractivity contribution in [2.24, 2.45) is 0 Å². The minimum Gasteiger partial charge on any atom is -0.492 e. The number of nitrogens with zero attached hydrogens (tertiary/aromatic N) is 5. The summed E-state index contributed by atoms with van der Waals surface area (Å²) in [5.41, 5.74) is 8.21. The van der Waals surface area contributed by atoms with Crippen molar-refractivity contribution < 1.29 is 19.0 Å². The molecule has 0 radical (unpaired) electrons. The van der Waals surface area contributed by atoms with Crippen LogP contribution in [0.25, 0.3) is 22.0 Å². The SMILES string of the molecule is N#Cc1ncccc1OCCc1ccc2c(c1)NC(=O)c1ccc(-c3cn(CCOc4ccc(N5CCOCC5)cc4)c4cnccc34)cc1N2. The molecule has 3 aromatic carbocycles. The highest BCUT2D eigenvalue weighted by atomic mass is 16.5. The fourth-order valence-electron chi connectivity index (χ4n) is 6.57. The number of nitriles is 1. The minimum atomic E-state index is -0.188. The average molecular weight is 678 g/mol. The number of nitrogens with one attached hydrogen (secondary N) is 2. The van der Waals surface area contributed by atoms with E-state index in [1.54, 1.807) is 24.5 Å². The fourth-order valence-corrected chi connectivity index (χ4v) is 6.57. The zero-order chi connectivity index (χ0) is 34.6. The van der Waals surface area contributed by atoms with Gasteiger partial charge in [0.1, 0.15) is 18.4 Å². The van der Waals surface area contributed by atoms with Gasteiger partial charge in [-0.1, -0.05) is 12.1 Å². The molecular weight excluding hydrogens is 642 g/mol. The molecule has 11 heteroatoms. The van der Waals surface area contributed by atoms with Crippen molar-refractivity contribution in [1.82, 2.24) is 14.5 Å². The Morgan fingerprint density at radius 2 is 1.75 bits per heavy atom. The number of fused-ring (bicyclic) bond motifs is 3. The average Bonchev–Trinajstić information content (AvgIpc) is 3.48. The first-order valence-corrected chi connectivity index (χ1v) is 16.9. The molecule has 3 aromatic heterocycles. The zero-order valence-electron chi connectivity index (χ0n) is 27.8. The van der Waals surface area contributed by atoms with Crippen LogP contribution in [0.5, 0.6) is 11.5 Å². The second-order valence-corrected chi connectivity index (χ2v) is 12.4. The van der Waals surface area contributed by atoms with Crippen molar-refractivity contribution in [3.05, 3.63) is 120 Å². The van der Waals surface area contributed by atoms with E-state index in [1.807, 2.05) is 66.9 Å². The number of aromatic nitrogens is 3. The van der Waals surface area contributed by atoms with Gasteiger partial charge >= 0.3 is 0 Å². The zero-order valence-corrected chi connectivity index (χ0v) is 27.8. The van der Waals surface area contributed by atoms with Gasteiger partial charge in [-0.05, 0) is 77.9 Å². The van der Waals surface area contributed by atoms with E-state index >= 15 is 0 Å². The molecule has 254 valence electrons. The minimum absolute atomic E-state index is 0.188. The third-order valence-electron chi connectivity index (χ3n) is 9.20. The number of carbonyl (C=O) groups is 1. The second-order valence-electron chi connectivity index (χ2n) is 12.4. The molecule has 51 heavy (non-hydrogen) atoms. The first kappa shape index (κ1) is 31.9. The Labute approximate surface area is 295 Å². The Morgan fingerprint density at radius 3 is 2.61 bits per heavy atom. The quantitative estimate of drug-likeness (QED) is 0.161. The van der Waals surface area contributed by atoms with Crippen molar-refractivity contribution in [1.29, 1.82) is 5.26 Å². The predicted molar refractivity (Wildman–Crippen MR) is 196 cm³/mol. The van der Waals surface area contributed by atoms with E-state index in [0.29, 0.717) is 43.2 Å². The Balaban J connectivity index is 0.969. The lowest BCUT2D eigenvalue weighted by molar-refractivity contribution is 0.102. The highest BCUT2D eigenvalue weighted by molar-refractivity contribution is 6.13. The van der Waals surface area contributed by atoms with Crippen LogP contribution < -0.4 is 25.0 Å². The van der Waals surface area contributed by atoms with Gasteiger partial charge in [0.05, 0.1) is 60.7 Å². The molecule has 6 aromatic rings. The van der Waals surface area contributed by atoms with E-state index in [0.717, 1.165) is 71.0 Å². The van der Waals surface area contributed by atoms with Gasteiger partial charge in [-0.2, -0.15) is 5.26 Å². The van der Waals surface area contributed by atoms with Crippen molar-refractivity contribution in [3.63, 3.8) is 0 Å². The summed E-state index contributed by atoms with van der Waals surface area (Å²) in [6, 6.07) is 27.6. The number of ether oxygens (including phenoxy) is 3. The fraction of sp³-hybridized carbons (Fsp3) is 0.200. The predicted octanol–water partition coefficient (Wildman–Crippen LogP) is 6.82. The van der Waals surface area contributed by atoms with Gasteiger partial charge in [0.2, 0.25) is 0 Å². The Bertz CT molecular complexity index is 2250. The molecule has 2 N–H and O–H groups in total. The van der Waals surface area contributed by atoms with Crippen LogP contribution in [0.4, 0.5) is 22.7 Å². The van der Waals surface area contributed by atoms with E-state index in [1.165, 1.54) is 5.69 Å². The summed E-state index contributed by atoms with van der Waals surface area (Å²) in [6.45, 7) is 4.81. The van der Waals surface area contributed by atoms with Crippen LogP contribution in [-0.4, -0.2) is 60.0 Å². The lowest BCUT2D eigenvalue weighted by atomic mass is 10.0. The van der Waals surface area contributed by atoms with Gasteiger partial charge in [-0.15, -0.1) is 0 Å². The van der Waals surface area contributed by atoms with Gasteiger partial charge in [-0.25, -0.2) is 4.98 Å². The summed E-state index contributed by atoms with van der Waals surface area (Å²) < 4.78 is 19.6. The maximum atomic E-state index is 13.4. The molecule has 0 aliphatic carbocycles. The molecule has 1 fully saturated rings. The molecule has 2 aliphatic heterocycles. The Hall–Kier alpha value is -6.38. The Kier molecular flexibility index (Phi) is 8.89. The summed E-state index contributed by atoms with van der Waals surface area (Å²) >= 11 is 0. The topological polar surface area (TPSA) is 127 Å². The summed E-state index contributed by atoms with van der Waals surface area (Å²) in [6.07, 6.45) is 7.96. The number of pyridine rings is 2. The van der Waals surface area contributed by atoms with E-state index in [9.17, 15) is 10.1 Å². The van der Waals surface area contributed by atoms with E-state index < -0.39 is 0 Å². The largest absolute Gasteiger partial charge is 0.492 e. The summed E-state index contributed by atoms with van der Waals surface area (Å²) in [5.74, 6) is 1.10. The number of anilines is 4. The molecular formula is C40H35N7O4. The monoisotopic (exact) mass is 677 g/mol. The lowest BCUT2D eigenvalue weighted by Crippen LogP contribution is -2.36. The van der Waals surface area contributed by atoms with Crippen LogP contribution in [0.1, 0.15) is 21.6 Å². The molecule has 11 nitrogen and oxygen atoms in total. The van der Waals surface area contributed by atoms with Gasteiger partial charge in [0, 0.05) is 54.7 Å². The normalized spacial score (nSPS) is 13.7. The van der Waals surface area contributed by atoms with Gasteiger partial charge in [0.15, 0.2) is 11.4 Å². The van der Waals surface area contributed by atoms with Gasteiger partial charge in [-0.3, -0.25) is 9.78 Å². The highest BCUT2D eigenvalue weighted by Crippen LogP contribution is 2.37. The highest BCUT2D eigenvalue weighted by Gasteiger charge is 2.21. The first-order valence-electron chi connectivity index (χ1n) is 16.9. The maximum absolute atomic E-state index is 13.4. The number of rotatable bonds is 10. The lowest BCUT2D eigenvalue weighted by Gasteiger charge is -2.28. The van der Waals surface area contributed by atoms with Crippen molar-refractivity contribution in [2.75, 3.05) is 55.1 Å². The van der Waals surface area contributed by atoms with E-state index in [-0.39, 0.29) is 11.6 Å². The van der Waals surface area contributed by atoms with Crippen molar-refractivity contribution in [3.8, 4) is 28.7 Å². The summed E-state index contributed by atoms with van der Waals surface area (Å²) in [7, 11) is 0. The molecule has 0 spiro atoms. The molecule has 2 aliphatic rings. The number of morpholine rings is 1. The number of hydrogen-bond donors (Lipinski definition) is 2. The standard InChI is InChI=1S/C40H35N7O4/c41-24-37-39(2-1-13-43-37)51-18-12-27-3-10-34-36(22-27)45-40(48)32-9-4-28(23-35(32)44-34)33-26-47(38-25-42-14-11-31(33)38)17-21-50-30-7-5-29(6-8-30)46-15-19-49-20-16-46/h1-11,13-14,22-23,25-26,44H,12,15-21H2,(H,45,48). The van der Waals surface area contributed by atoms with E-state index in [4.69, 9.17) is 14.2 Å².